The van der Waals surface area contributed by atoms with Crippen LogP contribution in [0.5, 0.6) is 11.9 Å². The van der Waals surface area contributed by atoms with E-state index in [0.717, 1.165) is 0 Å². The maximum absolute atomic E-state index is 13.6. The van der Waals surface area contributed by atoms with Crippen molar-refractivity contribution in [2.45, 2.75) is 12.5 Å². The van der Waals surface area contributed by atoms with Gasteiger partial charge < -0.3 is 9.47 Å². The van der Waals surface area contributed by atoms with Crippen molar-refractivity contribution in [3.05, 3.63) is 81.5 Å². The maximum Gasteiger partial charge on any atom is 0.319 e. The summed E-state index contributed by atoms with van der Waals surface area (Å²) in [6.07, 6.45) is 0.232. The van der Waals surface area contributed by atoms with Crippen LogP contribution >= 0.6 is 0 Å². The summed E-state index contributed by atoms with van der Waals surface area (Å²) in [5.74, 6) is -0.297. The predicted octanol–water partition coefficient (Wildman–Crippen LogP) is 3.35. The number of carbonyl (C=O) groups is 1. The van der Waals surface area contributed by atoms with Gasteiger partial charge in [-0.2, -0.15) is 9.97 Å². The van der Waals surface area contributed by atoms with Crippen LogP contribution in [0.1, 0.15) is 27.7 Å². The van der Waals surface area contributed by atoms with Crippen LogP contribution in [-0.2, 0) is 6.42 Å². The number of nitro benzene ring substituents is 1. The zero-order valence-electron chi connectivity index (χ0n) is 16.3. The number of para-hydroxylation sites is 2. The number of fused-ring (bicyclic) bond motifs is 1. The Bertz CT molecular complexity index is 1120. The standard InChI is InChI=1S/C21H18N4O5/c1-29-19-18-15(22-21(23-19)30-2)12-17(14-10-6-7-11-16(14)25(27)28)24(20(18)26)13-8-4-3-5-9-13/h3-11,17H,12H2,1-2H3. The second-order valence-electron chi connectivity index (χ2n) is 6.59. The van der Waals surface area contributed by atoms with Gasteiger partial charge in [-0.05, 0) is 12.1 Å². The minimum Gasteiger partial charge on any atom is -0.480 e. The minimum absolute atomic E-state index is 0.0623. The fourth-order valence-corrected chi connectivity index (χ4v) is 3.67. The van der Waals surface area contributed by atoms with Gasteiger partial charge in [-0.1, -0.05) is 36.4 Å². The number of nitro groups is 1. The van der Waals surface area contributed by atoms with Crippen LogP contribution in [0.3, 0.4) is 0 Å². The highest BCUT2D eigenvalue weighted by atomic mass is 16.6. The summed E-state index contributed by atoms with van der Waals surface area (Å²) < 4.78 is 10.5. The van der Waals surface area contributed by atoms with E-state index in [1.54, 1.807) is 42.5 Å². The van der Waals surface area contributed by atoms with Crippen molar-refractivity contribution < 1.29 is 19.2 Å². The third kappa shape index (κ3) is 3.20. The first-order valence-corrected chi connectivity index (χ1v) is 9.16. The van der Waals surface area contributed by atoms with Crippen molar-refractivity contribution >= 4 is 17.3 Å². The summed E-state index contributed by atoms with van der Waals surface area (Å²) in [5, 5.41) is 11.7. The molecule has 1 aromatic heterocycles. The van der Waals surface area contributed by atoms with Gasteiger partial charge in [0.2, 0.25) is 5.88 Å². The molecule has 9 heteroatoms. The smallest absolute Gasteiger partial charge is 0.319 e. The summed E-state index contributed by atoms with van der Waals surface area (Å²) in [7, 11) is 2.83. The van der Waals surface area contributed by atoms with E-state index in [9.17, 15) is 14.9 Å². The van der Waals surface area contributed by atoms with E-state index in [0.29, 0.717) is 16.9 Å². The number of ether oxygens (including phenoxy) is 2. The molecule has 1 unspecified atom stereocenters. The zero-order chi connectivity index (χ0) is 21.3. The molecule has 3 aromatic rings. The van der Waals surface area contributed by atoms with Crippen molar-refractivity contribution in [1.29, 1.82) is 0 Å². The Morgan fingerprint density at radius 3 is 2.40 bits per heavy atom. The van der Waals surface area contributed by atoms with E-state index in [1.807, 2.05) is 6.07 Å². The van der Waals surface area contributed by atoms with E-state index in [2.05, 4.69) is 9.97 Å². The number of aromatic nitrogens is 2. The molecule has 0 bridgehead atoms. The third-order valence-electron chi connectivity index (χ3n) is 4.96. The molecular weight excluding hydrogens is 388 g/mol. The Labute approximate surface area is 172 Å². The molecule has 0 saturated carbocycles. The van der Waals surface area contributed by atoms with Gasteiger partial charge in [-0.25, -0.2) is 0 Å². The van der Waals surface area contributed by atoms with E-state index < -0.39 is 16.9 Å². The second-order valence-corrected chi connectivity index (χ2v) is 6.59. The van der Waals surface area contributed by atoms with E-state index in [4.69, 9.17) is 9.47 Å². The molecule has 0 N–H and O–H groups in total. The molecule has 1 aliphatic heterocycles. The molecule has 0 spiro atoms. The van der Waals surface area contributed by atoms with Crippen LogP contribution in [0.2, 0.25) is 0 Å². The predicted molar refractivity (Wildman–Crippen MR) is 108 cm³/mol. The third-order valence-corrected chi connectivity index (χ3v) is 4.96. The van der Waals surface area contributed by atoms with Gasteiger partial charge >= 0.3 is 6.01 Å². The van der Waals surface area contributed by atoms with Crippen LogP contribution < -0.4 is 14.4 Å². The zero-order valence-corrected chi connectivity index (χ0v) is 16.3. The lowest BCUT2D eigenvalue weighted by molar-refractivity contribution is -0.385. The van der Waals surface area contributed by atoms with Gasteiger partial charge in [-0.15, -0.1) is 0 Å². The fourth-order valence-electron chi connectivity index (χ4n) is 3.67. The number of carbonyl (C=O) groups excluding carboxylic acids is 1. The highest BCUT2D eigenvalue weighted by Gasteiger charge is 2.40. The van der Waals surface area contributed by atoms with Gasteiger partial charge in [0, 0.05) is 18.2 Å². The molecule has 1 atom stereocenters. The normalized spacial score (nSPS) is 15.5. The Morgan fingerprint density at radius 2 is 1.73 bits per heavy atom. The van der Waals surface area contributed by atoms with Gasteiger partial charge in [0.25, 0.3) is 11.6 Å². The van der Waals surface area contributed by atoms with Gasteiger partial charge in [0.05, 0.1) is 36.4 Å². The molecule has 2 aromatic carbocycles. The molecule has 1 amide bonds. The molecule has 0 aliphatic carbocycles. The molecule has 1 aliphatic rings. The maximum atomic E-state index is 13.6. The van der Waals surface area contributed by atoms with Gasteiger partial charge in [-0.3, -0.25) is 19.8 Å². The molecule has 4 rings (SSSR count). The number of benzene rings is 2. The molecule has 0 radical (unpaired) electrons. The summed E-state index contributed by atoms with van der Waals surface area (Å²) >= 11 is 0. The second kappa shape index (κ2) is 7.78. The molecule has 30 heavy (non-hydrogen) atoms. The number of rotatable bonds is 5. The van der Waals surface area contributed by atoms with Gasteiger partial charge in [0.15, 0.2) is 0 Å². The summed E-state index contributed by atoms with van der Waals surface area (Å²) in [4.78, 5) is 34.8. The largest absolute Gasteiger partial charge is 0.480 e. The molecule has 152 valence electrons. The monoisotopic (exact) mass is 406 g/mol. The van der Waals surface area contributed by atoms with Crippen LogP contribution in [0.4, 0.5) is 11.4 Å². The molecule has 2 heterocycles. The van der Waals surface area contributed by atoms with E-state index in [-0.39, 0.29) is 29.6 Å². The first kappa shape index (κ1) is 19.3. The number of hydrogen-bond acceptors (Lipinski definition) is 7. The van der Waals surface area contributed by atoms with Crippen molar-refractivity contribution in [3.63, 3.8) is 0 Å². The lowest BCUT2D eigenvalue weighted by Gasteiger charge is -2.36. The molecule has 0 fully saturated rings. The molecule has 0 saturated heterocycles. The van der Waals surface area contributed by atoms with Gasteiger partial charge in [0.1, 0.15) is 5.56 Å². The summed E-state index contributed by atoms with van der Waals surface area (Å²) in [6.45, 7) is 0. The average Bonchev–Trinajstić information content (AvgIpc) is 2.78. The van der Waals surface area contributed by atoms with Crippen LogP contribution in [0.25, 0.3) is 0 Å². The Balaban J connectivity index is 1.96. The fraction of sp³-hybridized carbons (Fsp3) is 0.190. The topological polar surface area (TPSA) is 108 Å². The molecular formula is C21H18N4O5. The van der Waals surface area contributed by atoms with Crippen molar-refractivity contribution in [1.82, 2.24) is 9.97 Å². The lowest BCUT2D eigenvalue weighted by Crippen LogP contribution is -2.41. The minimum atomic E-state index is -0.640. The Morgan fingerprint density at radius 1 is 1.03 bits per heavy atom. The van der Waals surface area contributed by atoms with Crippen molar-refractivity contribution in [3.8, 4) is 11.9 Å². The number of amides is 1. The molecule has 9 nitrogen and oxygen atoms in total. The number of hydrogen-bond donors (Lipinski definition) is 0. The van der Waals surface area contributed by atoms with Crippen LogP contribution in [0, 0.1) is 10.1 Å². The highest BCUT2D eigenvalue weighted by molar-refractivity contribution is 6.10. The first-order valence-electron chi connectivity index (χ1n) is 9.16. The number of anilines is 1. The van der Waals surface area contributed by atoms with E-state index >= 15 is 0 Å². The van der Waals surface area contributed by atoms with E-state index in [1.165, 1.54) is 25.2 Å². The summed E-state index contributed by atoms with van der Waals surface area (Å²) in [6, 6.07) is 14.8. The average molecular weight is 406 g/mol. The SMILES string of the molecule is COc1nc2c(c(OC)n1)C(=O)N(c1ccccc1)C(c1ccccc1[N+](=O)[O-])C2. The quantitative estimate of drug-likeness (QED) is 0.472. The Kier molecular flexibility index (Phi) is 5.01. The Hall–Kier alpha value is -4.01. The lowest BCUT2D eigenvalue weighted by atomic mass is 9.91. The van der Waals surface area contributed by atoms with Crippen molar-refractivity contribution in [2.75, 3.05) is 19.1 Å². The van der Waals surface area contributed by atoms with Crippen LogP contribution in [-0.4, -0.2) is 35.0 Å². The summed E-state index contributed by atoms with van der Waals surface area (Å²) in [5.41, 5.74) is 1.60. The van der Waals surface area contributed by atoms with Crippen molar-refractivity contribution in [2.24, 2.45) is 0 Å². The first-order chi connectivity index (χ1) is 14.5. The number of nitrogens with zero attached hydrogens (tertiary/aromatic N) is 4. The van der Waals surface area contributed by atoms with Crippen LogP contribution in [0.15, 0.2) is 54.6 Å². The number of methoxy groups -OCH3 is 2. The highest BCUT2D eigenvalue weighted by Crippen LogP contribution is 2.41.